The van der Waals surface area contributed by atoms with Crippen LogP contribution in [0.15, 0.2) is 18.2 Å². The monoisotopic (exact) mass is 258 g/mol. The Balaban J connectivity index is 2.46. The zero-order valence-corrected chi connectivity index (χ0v) is 10.7. The number of rotatable bonds is 7. The summed E-state index contributed by atoms with van der Waals surface area (Å²) in [6.07, 6.45) is -2.53. The number of benzene rings is 1. The van der Waals surface area contributed by atoms with Gasteiger partial charge in [-0.1, -0.05) is 13.8 Å². The second-order valence-corrected chi connectivity index (χ2v) is 4.54. The van der Waals surface area contributed by atoms with E-state index in [9.17, 15) is 8.78 Å². The first-order valence-corrected chi connectivity index (χ1v) is 6.00. The maximum Gasteiger partial charge on any atom is 0.265 e. The Bertz CT molecular complexity index is 370. The van der Waals surface area contributed by atoms with Crippen molar-refractivity contribution in [1.82, 2.24) is 0 Å². The van der Waals surface area contributed by atoms with E-state index in [4.69, 9.17) is 10.5 Å². The number of hydrogen-bond donors (Lipinski definition) is 2. The summed E-state index contributed by atoms with van der Waals surface area (Å²) >= 11 is 0. The van der Waals surface area contributed by atoms with Crippen LogP contribution in [0.5, 0.6) is 0 Å². The van der Waals surface area contributed by atoms with Crippen LogP contribution in [0.4, 0.5) is 20.2 Å². The smallest absolute Gasteiger partial charge is 0.265 e. The van der Waals surface area contributed by atoms with Crippen molar-refractivity contribution in [1.29, 1.82) is 0 Å². The third-order valence-electron chi connectivity index (χ3n) is 2.32. The van der Waals surface area contributed by atoms with Crippen LogP contribution in [-0.4, -0.2) is 19.8 Å². The van der Waals surface area contributed by atoms with Gasteiger partial charge in [0.05, 0.1) is 6.61 Å². The van der Waals surface area contributed by atoms with Crippen LogP contribution in [0, 0.1) is 5.92 Å². The van der Waals surface area contributed by atoms with Gasteiger partial charge in [0.2, 0.25) is 0 Å². The standard InChI is InChI=1S/C13H20F2N2O/c1-9(2)8-18-6-5-17-12-4-3-10(16)7-11(12)13(14)15/h3-4,7,9,13,17H,5-6,8,16H2,1-2H3. The second-order valence-electron chi connectivity index (χ2n) is 4.54. The molecule has 0 bridgehead atoms. The minimum absolute atomic E-state index is 0.0705. The summed E-state index contributed by atoms with van der Waals surface area (Å²) in [5, 5.41) is 2.93. The summed E-state index contributed by atoms with van der Waals surface area (Å²) in [4.78, 5) is 0. The van der Waals surface area contributed by atoms with Crippen molar-refractivity contribution in [3.05, 3.63) is 23.8 Å². The van der Waals surface area contributed by atoms with E-state index in [-0.39, 0.29) is 5.56 Å². The molecular formula is C13H20F2N2O. The molecule has 0 aromatic heterocycles. The molecular weight excluding hydrogens is 238 g/mol. The average molecular weight is 258 g/mol. The van der Waals surface area contributed by atoms with E-state index in [2.05, 4.69) is 19.2 Å². The number of nitrogens with two attached hydrogens (primary N) is 1. The van der Waals surface area contributed by atoms with Crippen molar-refractivity contribution in [2.45, 2.75) is 20.3 Å². The number of hydrogen-bond acceptors (Lipinski definition) is 3. The molecule has 0 aliphatic carbocycles. The molecule has 3 nitrogen and oxygen atoms in total. The van der Waals surface area contributed by atoms with Gasteiger partial charge in [0.25, 0.3) is 6.43 Å². The lowest BCUT2D eigenvalue weighted by molar-refractivity contribution is 0.118. The molecule has 0 aliphatic rings. The minimum atomic E-state index is -2.53. The molecule has 0 atom stereocenters. The molecule has 0 heterocycles. The van der Waals surface area contributed by atoms with E-state index in [0.29, 0.717) is 37.1 Å². The van der Waals surface area contributed by atoms with Gasteiger partial charge >= 0.3 is 0 Å². The van der Waals surface area contributed by atoms with Crippen molar-refractivity contribution in [2.24, 2.45) is 5.92 Å². The first-order chi connectivity index (χ1) is 8.50. The van der Waals surface area contributed by atoms with Gasteiger partial charge in [0.1, 0.15) is 0 Å². The molecule has 102 valence electrons. The highest BCUT2D eigenvalue weighted by Gasteiger charge is 2.12. The van der Waals surface area contributed by atoms with Crippen molar-refractivity contribution in [3.63, 3.8) is 0 Å². The van der Waals surface area contributed by atoms with Gasteiger partial charge in [0, 0.05) is 30.1 Å². The van der Waals surface area contributed by atoms with Gasteiger partial charge in [-0.3, -0.25) is 0 Å². The number of nitrogen functional groups attached to an aromatic ring is 1. The van der Waals surface area contributed by atoms with Crippen LogP contribution < -0.4 is 11.1 Å². The van der Waals surface area contributed by atoms with E-state index in [1.54, 1.807) is 12.1 Å². The first-order valence-electron chi connectivity index (χ1n) is 6.00. The SMILES string of the molecule is CC(C)COCCNc1ccc(N)cc1C(F)F. The van der Waals surface area contributed by atoms with Crippen LogP contribution in [0.2, 0.25) is 0 Å². The molecule has 1 aromatic carbocycles. The molecule has 0 fully saturated rings. The fraction of sp³-hybridized carbons (Fsp3) is 0.538. The Morgan fingerprint density at radius 2 is 2.06 bits per heavy atom. The summed E-state index contributed by atoms with van der Waals surface area (Å²) in [5.41, 5.74) is 6.17. The van der Waals surface area contributed by atoms with Gasteiger partial charge in [-0.05, 0) is 24.1 Å². The zero-order chi connectivity index (χ0) is 13.5. The fourth-order valence-corrected chi connectivity index (χ4v) is 1.50. The number of anilines is 2. The number of ether oxygens (including phenoxy) is 1. The van der Waals surface area contributed by atoms with Crippen molar-refractivity contribution >= 4 is 11.4 Å². The Hall–Kier alpha value is -1.36. The Labute approximate surface area is 106 Å². The zero-order valence-electron chi connectivity index (χ0n) is 10.7. The van der Waals surface area contributed by atoms with Gasteiger partial charge in [0.15, 0.2) is 0 Å². The highest BCUT2D eigenvalue weighted by atomic mass is 19.3. The van der Waals surface area contributed by atoms with Crippen LogP contribution in [-0.2, 0) is 4.74 Å². The van der Waals surface area contributed by atoms with E-state index in [1.807, 2.05) is 0 Å². The lowest BCUT2D eigenvalue weighted by Gasteiger charge is -2.13. The molecule has 5 heteroatoms. The normalized spacial score (nSPS) is 11.2. The first kappa shape index (κ1) is 14.7. The van der Waals surface area contributed by atoms with Gasteiger partial charge in [-0.25, -0.2) is 8.78 Å². The van der Waals surface area contributed by atoms with E-state index in [1.165, 1.54) is 6.07 Å². The second kappa shape index (κ2) is 7.16. The van der Waals surface area contributed by atoms with E-state index >= 15 is 0 Å². The third-order valence-corrected chi connectivity index (χ3v) is 2.32. The minimum Gasteiger partial charge on any atom is -0.399 e. The van der Waals surface area contributed by atoms with Crippen LogP contribution in [0.25, 0.3) is 0 Å². The number of nitrogens with one attached hydrogen (secondary N) is 1. The topological polar surface area (TPSA) is 47.3 Å². The predicted octanol–water partition coefficient (Wildman–Crippen LogP) is 3.29. The molecule has 0 saturated carbocycles. The molecule has 1 aromatic rings. The summed E-state index contributed by atoms with van der Waals surface area (Å²) in [7, 11) is 0. The molecule has 3 N–H and O–H groups in total. The number of halogens is 2. The molecule has 0 unspecified atom stereocenters. The molecule has 1 rings (SSSR count). The summed E-state index contributed by atoms with van der Waals surface area (Å²) in [6, 6.07) is 4.46. The Kier molecular flexibility index (Phi) is 5.85. The third kappa shape index (κ3) is 4.87. The highest BCUT2D eigenvalue weighted by molar-refractivity contribution is 5.58. The van der Waals surface area contributed by atoms with Gasteiger partial charge in [-0.2, -0.15) is 0 Å². The summed E-state index contributed by atoms with van der Waals surface area (Å²) in [5.74, 6) is 0.471. The highest BCUT2D eigenvalue weighted by Crippen LogP contribution is 2.28. The van der Waals surface area contributed by atoms with Crippen LogP contribution in [0.3, 0.4) is 0 Å². The maximum atomic E-state index is 12.8. The summed E-state index contributed by atoms with van der Waals surface area (Å²) in [6.45, 7) is 5.78. The van der Waals surface area contributed by atoms with Crippen molar-refractivity contribution < 1.29 is 13.5 Å². The molecule has 0 aliphatic heterocycles. The lowest BCUT2D eigenvalue weighted by Crippen LogP contribution is -2.13. The Morgan fingerprint density at radius 1 is 1.33 bits per heavy atom. The fourth-order valence-electron chi connectivity index (χ4n) is 1.50. The van der Waals surface area contributed by atoms with Gasteiger partial charge < -0.3 is 15.8 Å². The summed E-state index contributed by atoms with van der Waals surface area (Å²) < 4.78 is 30.9. The van der Waals surface area contributed by atoms with Crippen molar-refractivity contribution in [3.8, 4) is 0 Å². The quantitative estimate of drug-likeness (QED) is 0.582. The lowest BCUT2D eigenvalue weighted by atomic mass is 10.1. The average Bonchev–Trinajstić information content (AvgIpc) is 2.29. The molecule has 0 spiro atoms. The Morgan fingerprint density at radius 3 is 2.67 bits per heavy atom. The van der Waals surface area contributed by atoms with Crippen LogP contribution >= 0.6 is 0 Å². The van der Waals surface area contributed by atoms with E-state index in [0.717, 1.165) is 0 Å². The van der Waals surface area contributed by atoms with Gasteiger partial charge in [-0.15, -0.1) is 0 Å². The molecule has 18 heavy (non-hydrogen) atoms. The van der Waals surface area contributed by atoms with Crippen LogP contribution in [0.1, 0.15) is 25.8 Å². The largest absolute Gasteiger partial charge is 0.399 e. The van der Waals surface area contributed by atoms with Crippen molar-refractivity contribution in [2.75, 3.05) is 30.8 Å². The van der Waals surface area contributed by atoms with E-state index < -0.39 is 6.43 Å². The molecule has 0 amide bonds. The number of alkyl halides is 2. The maximum absolute atomic E-state index is 12.8. The predicted molar refractivity (Wildman–Crippen MR) is 70.0 cm³/mol. The molecule has 0 radical (unpaired) electrons. The molecule has 0 saturated heterocycles.